The molecule has 6 heteroatoms. The third kappa shape index (κ3) is 5.69. The highest BCUT2D eigenvalue weighted by molar-refractivity contribution is 7.88. The highest BCUT2D eigenvalue weighted by atomic mass is 32.2. The molecule has 1 unspecified atom stereocenters. The molecule has 2 aromatic carbocycles. The summed E-state index contributed by atoms with van der Waals surface area (Å²) in [5, 5.41) is 2.81. The summed E-state index contributed by atoms with van der Waals surface area (Å²) in [6, 6.07) is 16.6. The zero-order valence-electron chi connectivity index (χ0n) is 14.8. The molecule has 0 aliphatic rings. The first-order valence-corrected chi connectivity index (χ1v) is 10.0. The summed E-state index contributed by atoms with van der Waals surface area (Å²) in [5.74, 6) is -0.209. The van der Waals surface area contributed by atoms with E-state index in [-0.39, 0.29) is 24.9 Å². The average molecular weight is 360 g/mol. The lowest BCUT2D eigenvalue weighted by Crippen LogP contribution is -2.35. The van der Waals surface area contributed by atoms with Crippen LogP contribution in [0.3, 0.4) is 0 Å². The molecule has 5 nitrogen and oxygen atoms in total. The van der Waals surface area contributed by atoms with E-state index >= 15 is 0 Å². The predicted octanol–water partition coefficient (Wildman–Crippen LogP) is 3.35. The van der Waals surface area contributed by atoms with E-state index in [1.807, 2.05) is 68.4 Å². The number of amides is 1. The minimum absolute atomic E-state index is 0.0954. The summed E-state index contributed by atoms with van der Waals surface area (Å²) >= 11 is 0. The molecule has 2 aromatic rings. The quantitative estimate of drug-likeness (QED) is 0.823. The maximum Gasteiger partial charge on any atom is 0.225 e. The van der Waals surface area contributed by atoms with Crippen LogP contribution in [0.1, 0.15) is 30.5 Å². The van der Waals surface area contributed by atoms with Gasteiger partial charge in [-0.15, -0.1) is 0 Å². The monoisotopic (exact) mass is 360 g/mol. The van der Waals surface area contributed by atoms with Gasteiger partial charge in [0.25, 0.3) is 0 Å². The molecule has 134 valence electrons. The largest absolute Gasteiger partial charge is 0.326 e. The van der Waals surface area contributed by atoms with E-state index in [0.717, 1.165) is 11.1 Å². The first-order valence-electron chi connectivity index (χ1n) is 8.15. The fourth-order valence-electron chi connectivity index (χ4n) is 2.70. The maximum atomic E-state index is 12.2. The molecule has 0 spiro atoms. The Morgan fingerprint density at radius 2 is 1.80 bits per heavy atom. The Morgan fingerprint density at radius 1 is 1.12 bits per heavy atom. The van der Waals surface area contributed by atoms with Crippen molar-refractivity contribution in [1.29, 1.82) is 0 Å². The number of nitrogens with zero attached hydrogens (tertiary/aromatic N) is 1. The van der Waals surface area contributed by atoms with Gasteiger partial charge in [0.15, 0.2) is 0 Å². The summed E-state index contributed by atoms with van der Waals surface area (Å²) in [7, 11) is -3.43. The molecule has 0 bridgehead atoms. The lowest BCUT2D eigenvalue weighted by atomic mass is 10.1. The molecule has 1 atom stereocenters. The van der Waals surface area contributed by atoms with Gasteiger partial charge >= 0.3 is 0 Å². The third-order valence-corrected chi connectivity index (χ3v) is 5.35. The van der Waals surface area contributed by atoms with Gasteiger partial charge in [0, 0.05) is 24.7 Å². The van der Waals surface area contributed by atoms with Crippen molar-refractivity contribution in [1.82, 2.24) is 4.31 Å². The van der Waals surface area contributed by atoms with Crippen LogP contribution in [-0.4, -0.2) is 31.4 Å². The molecule has 0 saturated heterocycles. The van der Waals surface area contributed by atoms with E-state index in [1.54, 1.807) is 0 Å². The van der Waals surface area contributed by atoms with Crippen molar-refractivity contribution < 1.29 is 13.2 Å². The molecule has 25 heavy (non-hydrogen) atoms. The highest BCUT2D eigenvalue weighted by Crippen LogP contribution is 2.23. The van der Waals surface area contributed by atoms with Gasteiger partial charge < -0.3 is 5.32 Å². The lowest BCUT2D eigenvalue weighted by molar-refractivity contribution is -0.116. The smallest absolute Gasteiger partial charge is 0.225 e. The molecule has 0 saturated carbocycles. The van der Waals surface area contributed by atoms with Crippen LogP contribution in [0.4, 0.5) is 5.69 Å². The van der Waals surface area contributed by atoms with E-state index < -0.39 is 10.0 Å². The normalized spacial score (nSPS) is 12.8. The topological polar surface area (TPSA) is 66.5 Å². The van der Waals surface area contributed by atoms with Gasteiger partial charge in [0.05, 0.1) is 6.26 Å². The fourth-order valence-corrected chi connectivity index (χ4v) is 3.82. The lowest BCUT2D eigenvalue weighted by Gasteiger charge is -2.27. The van der Waals surface area contributed by atoms with Crippen LogP contribution in [0.2, 0.25) is 0 Å². The Hall–Kier alpha value is -2.18. The van der Waals surface area contributed by atoms with Crippen LogP contribution in [0, 0.1) is 6.92 Å². The SMILES string of the molecule is Cc1cccc(NC(=O)CCN(C(C)c2ccccc2)S(C)(=O)=O)c1. The van der Waals surface area contributed by atoms with Crippen molar-refractivity contribution in [2.24, 2.45) is 0 Å². The number of rotatable bonds is 7. The van der Waals surface area contributed by atoms with Crippen LogP contribution in [0.5, 0.6) is 0 Å². The number of hydrogen-bond donors (Lipinski definition) is 1. The van der Waals surface area contributed by atoms with Crippen LogP contribution in [-0.2, 0) is 14.8 Å². The fraction of sp³-hybridized carbons (Fsp3) is 0.316. The molecule has 0 aliphatic carbocycles. The average Bonchev–Trinajstić information content (AvgIpc) is 2.54. The first-order chi connectivity index (χ1) is 11.8. The zero-order chi connectivity index (χ0) is 18.4. The van der Waals surface area contributed by atoms with Crippen LogP contribution in [0.15, 0.2) is 54.6 Å². The second-order valence-corrected chi connectivity index (χ2v) is 8.06. The van der Waals surface area contributed by atoms with Gasteiger partial charge in [-0.2, -0.15) is 4.31 Å². The second kappa shape index (κ2) is 8.27. The van der Waals surface area contributed by atoms with E-state index in [9.17, 15) is 13.2 Å². The Bertz CT molecular complexity index is 820. The molecule has 1 amide bonds. The van der Waals surface area contributed by atoms with Crippen molar-refractivity contribution in [2.75, 3.05) is 18.1 Å². The van der Waals surface area contributed by atoms with E-state index in [2.05, 4.69) is 5.32 Å². The van der Waals surface area contributed by atoms with Gasteiger partial charge in [0.1, 0.15) is 0 Å². The molecular weight excluding hydrogens is 336 g/mol. The third-order valence-electron chi connectivity index (χ3n) is 4.00. The number of carbonyl (C=O) groups is 1. The summed E-state index contributed by atoms with van der Waals surface area (Å²) in [5.41, 5.74) is 2.66. The van der Waals surface area contributed by atoms with Crippen molar-refractivity contribution in [2.45, 2.75) is 26.3 Å². The van der Waals surface area contributed by atoms with Gasteiger partial charge in [0.2, 0.25) is 15.9 Å². The number of nitrogens with one attached hydrogen (secondary N) is 1. The molecule has 0 heterocycles. The Kier molecular flexibility index (Phi) is 6.33. The Morgan fingerprint density at radius 3 is 2.40 bits per heavy atom. The Labute approximate surface area is 149 Å². The van der Waals surface area contributed by atoms with Crippen molar-refractivity contribution in [3.63, 3.8) is 0 Å². The van der Waals surface area contributed by atoms with Crippen molar-refractivity contribution in [3.05, 3.63) is 65.7 Å². The van der Waals surface area contributed by atoms with E-state index in [1.165, 1.54) is 10.6 Å². The molecule has 0 fully saturated rings. The number of hydrogen-bond acceptors (Lipinski definition) is 3. The van der Waals surface area contributed by atoms with E-state index in [0.29, 0.717) is 5.69 Å². The number of sulfonamides is 1. The predicted molar refractivity (Wildman–Crippen MR) is 101 cm³/mol. The molecule has 2 rings (SSSR count). The van der Waals surface area contributed by atoms with Gasteiger partial charge in [-0.25, -0.2) is 8.42 Å². The van der Waals surface area contributed by atoms with Gasteiger partial charge in [-0.1, -0.05) is 42.5 Å². The first kappa shape index (κ1) is 19.1. The zero-order valence-corrected chi connectivity index (χ0v) is 15.6. The van der Waals surface area contributed by atoms with E-state index in [4.69, 9.17) is 0 Å². The summed E-state index contributed by atoms with van der Waals surface area (Å²) in [6.45, 7) is 3.91. The molecule has 0 radical (unpaired) electrons. The molecule has 0 aliphatic heterocycles. The van der Waals surface area contributed by atoms with Gasteiger partial charge in [-0.3, -0.25) is 4.79 Å². The second-order valence-electron chi connectivity index (χ2n) is 6.13. The minimum atomic E-state index is -3.43. The summed E-state index contributed by atoms with van der Waals surface area (Å²) in [4.78, 5) is 12.2. The minimum Gasteiger partial charge on any atom is -0.326 e. The molecular formula is C19H24N2O3S. The highest BCUT2D eigenvalue weighted by Gasteiger charge is 2.25. The Balaban J connectivity index is 2.04. The number of carbonyl (C=O) groups excluding carboxylic acids is 1. The van der Waals surface area contributed by atoms with Gasteiger partial charge in [-0.05, 0) is 37.1 Å². The van der Waals surface area contributed by atoms with Crippen LogP contribution in [0.25, 0.3) is 0 Å². The van der Waals surface area contributed by atoms with Crippen molar-refractivity contribution in [3.8, 4) is 0 Å². The molecule has 1 N–H and O–H groups in total. The standard InChI is InChI=1S/C19H24N2O3S/c1-15-8-7-11-18(14-15)20-19(22)12-13-21(25(3,23)24)16(2)17-9-5-4-6-10-17/h4-11,14,16H,12-13H2,1-3H3,(H,20,22). The number of benzene rings is 2. The van der Waals surface area contributed by atoms with Crippen molar-refractivity contribution >= 4 is 21.6 Å². The number of anilines is 1. The number of aryl methyl sites for hydroxylation is 1. The van der Waals surface area contributed by atoms with Crippen LogP contribution < -0.4 is 5.32 Å². The molecule has 0 aromatic heterocycles. The summed E-state index contributed by atoms with van der Waals surface area (Å²) < 4.78 is 25.7. The van der Waals surface area contributed by atoms with Crippen LogP contribution >= 0.6 is 0 Å². The summed E-state index contributed by atoms with van der Waals surface area (Å²) in [6.07, 6.45) is 1.27. The maximum absolute atomic E-state index is 12.2.